The van der Waals surface area contributed by atoms with Gasteiger partial charge in [-0.15, -0.1) is 0 Å². The van der Waals surface area contributed by atoms with Gasteiger partial charge in [0.15, 0.2) is 0 Å². The number of likely N-dealkylation sites (tertiary alicyclic amines) is 2. The molecule has 26 heavy (non-hydrogen) atoms. The SMILES string of the molecule is COC(=O)C(C)N1CCC2(CC1)CC(=O)N(C/C=C/c1ccccc1)C2. The highest BCUT2D eigenvalue weighted by atomic mass is 16.5. The first-order chi connectivity index (χ1) is 12.5. The minimum absolute atomic E-state index is 0.0734. The summed E-state index contributed by atoms with van der Waals surface area (Å²) in [4.78, 5) is 28.3. The molecule has 140 valence electrons. The van der Waals surface area contributed by atoms with Crippen LogP contribution in [0.25, 0.3) is 6.08 Å². The average molecular weight is 356 g/mol. The highest BCUT2D eigenvalue weighted by molar-refractivity contribution is 5.80. The van der Waals surface area contributed by atoms with Crippen molar-refractivity contribution in [3.05, 3.63) is 42.0 Å². The van der Waals surface area contributed by atoms with E-state index in [1.165, 1.54) is 7.11 Å². The molecule has 2 heterocycles. The van der Waals surface area contributed by atoms with Crippen molar-refractivity contribution >= 4 is 18.0 Å². The lowest BCUT2D eigenvalue weighted by Crippen LogP contribution is -2.48. The molecule has 1 amide bonds. The number of esters is 1. The van der Waals surface area contributed by atoms with Gasteiger partial charge in [-0.3, -0.25) is 14.5 Å². The van der Waals surface area contributed by atoms with E-state index in [9.17, 15) is 9.59 Å². The molecule has 2 fully saturated rings. The molecule has 5 nitrogen and oxygen atoms in total. The fourth-order valence-corrected chi connectivity index (χ4v) is 4.07. The molecule has 2 aliphatic rings. The molecule has 0 aromatic heterocycles. The molecule has 1 spiro atoms. The molecule has 1 aromatic rings. The van der Waals surface area contributed by atoms with E-state index >= 15 is 0 Å². The smallest absolute Gasteiger partial charge is 0.322 e. The van der Waals surface area contributed by atoms with Gasteiger partial charge in [0.2, 0.25) is 5.91 Å². The fourth-order valence-electron chi connectivity index (χ4n) is 4.07. The van der Waals surface area contributed by atoms with Gasteiger partial charge >= 0.3 is 5.97 Å². The quantitative estimate of drug-likeness (QED) is 0.761. The number of hydrogen-bond acceptors (Lipinski definition) is 4. The molecular weight excluding hydrogens is 328 g/mol. The summed E-state index contributed by atoms with van der Waals surface area (Å²) in [6.45, 7) is 5.07. The number of methoxy groups -OCH3 is 1. The first-order valence-electron chi connectivity index (χ1n) is 9.34. The van der Waals surface area contributed by atoms with E-state index in [2.05, 4.69) is 29.2 Å². The second kappa shape index (κ2) is 8.04. The summed E-state index contributed by atoms with van der Waals surface area (Å²) in [5.41, 5.74) is 1.23. The van der Waals surface area contributed by atoms with E-state index in [0.29, 0.717) is 13.0 Å². The normalized spacial score (nSPS) is 21.5. The van der Waals surface area contributed by atoms with Crippen LogP contribution in [0.3, 0.4) is 0 Å². The van der Waals surface area contributed by atoms with Gasteiger partial charge in [0.25, 0.3) is 0 Å². The molecule has 0 aliphatic carbocycles. The van der Waals surface area contributed by atoms with Gasteiger partial charge in [-0.25, -0.2) is 0 Å². The van der Waals surface area contributed by atoms with E-state index in [4.69, 9.17) is 4.74 Å². The topological polar surface area (TPSA) is 49.9 Å². The van der Waals surface area contributed by atoms with Gasteiger partial charge in [0.05, 0.1) is 7.11 Å². The summed E-state index contributed by atoms with van der Waals surface area (Å²) in [6, 6.07) is 9.93. The molecule has 1 aromatic carbocycles. The third kappa shape index (κ3) is 4.15. The molecule has 3 rings (SSSR count). The Morgan fingerprint density at radius 3 is 2.62 bits per heavy atom. The Morgan fingerprint density at radius 2 is 1.96 bits per heavy atom. The molecule has 0 N–H and O–H groups in total. The van der Waals surface area contributed by atoms with E-state index in [1.54, 1.807) is 0 Å². The number of carbonyl (C=O) groups excluding carboxylic acids is 2. The van der Waals surface area contributed by atoms with Crippen molar-refractivity contribution in [3.8, 4) is 0 Å². The summed E-state index contributed by atoms with van der Waals surface area (Å²) in [7, 11) is 1.43. The van der Waals surface area contributed by atoms with E-state index in [-0.39, 0.29) is 23.3 Å². The van der Waals surface area contributed by atoms with E-state index in [1.807, 2.05) is 30.0 Å². The van der Waals surface area contributed by atoms with Crippen LogP contribution in [0.1, 0.15) is 31.7 Å². The average Bonchev–Trinajstić information content (AvgIpc) is 2.97. The van der Waals surface area contributed by atoms with Crippen LogP contribution < -0.4 is 0 Å². The highest BCUT2D eigenvalue weighted by Crippen LogP contribution is 2.41. The van der Waals surface area contributed by atoms with Crippen LogP contribution in [0.5, 0.6) is 0 Å². The standard InChI is InChI=1S/C21H28N2O3/c1-17(20(25)26-2)22-13-10-21(11-14-22)15-19(24)23(16-21)12-6-9-18-7-4-3-5-8-18/h3-9,17H,10-16H2,1-2H3/b9-6+. The van der Waals surface area contributed by atoms with Crippen molar-refractivity contribution in [1.82, 2.24) is 9.80 Å². The van der Waals surface area contributed by atoms with Crippen molar-refractivity contribution < 1.29 is 14.3 Å². The first kappa shape index (κ1) is 18.6. The van der Waals surface area contributed by atoms with Crippen molar-refractivity contribution in [3.63, 3.8) is 0 Å². The monoisotopic (exact) mass is 356 g/mol. The summed E-state index contributed by atoms with van der Waals surface area (Å²) >= 11 is 0. The largest absolute Gasteiger partial charge is 0.468 e. The molecule has 2 aliphatic heterocycles. The van der Waals surface area contributed by atoms with Gasteiger partial charge in [-0.05, 0) is 43.8 Å². The number of benzene rings is 1. The number of carbonyl (C=O) groups is 2. The minimum atomic E-state index is -0.209. The van der Waals surface area contributed by atoms with Crippen LogP contribution in [-0.2, 0) is 14.3 Å². The van der Waals surface area contributed by atoms with Gasteiger partial charge in [0, 0.05) is 19.5 Å². The number of piperidine rings is 1. The van der Waals surface area contributed by atoms with Gasteiger partial charge < -0.3 is 9.64 Å². The van der Waals surface area contributed by atoms with Gasteiger partial charge in [-0.1, -0.05) is 42.5 Å². The predicted octanol–water partition coefficient (Wildman–Crippen LogP) is 2.58. The van der Waals surface area contributed by atoms with Crippen molar-refractivity contribution in [2.75, 3.05) is 33.3 Å². The fraction of sp³-hybridized carbons (Fsp3) is 0.524. The van der Waals surface area contributed by atoms with Crippen LogP contribution in [-0.4, -0.2) is 61.0 Å². The Morgan fingerprint density at radius 1 is 1.27 bits per heavy atom. The Balaban J connectivity index is 1.53. The molecule has 0 radical (unpaired) electrons. The number of nitrogens with zero attached hydrogens (tertiary/aromatic N) is 2. The second-order valence-corrected chi connectivity index (χ2v) is 7.50. The maximum Gasteiger partial charge on any atom is 0.322 e. The summed E-state index contributed by atoms with van der Waals surface area (Å²) in [5, 5.41) is 0. The molecular formula is C21H28N2O3. The lowest BCUT2D eigenvalue weighted by atomic mass is 9.77. The summed E-state index contributed by atoms with van der Waals surface area (Å²) < 4.78 is 4.85. The Labute approximate surface area is 155 Å². The molecule has 1 unspecified atom stereocenters. The van der Waals surface area contributed by atoms with Crippen molar-refractivity contribution in [2.24, 2.45) is 5.41 Å². The summed E-state index contributed by atoms with van der Waals surface area (Å²) in [5.74, 6) is 0.0632. The zero-order valence-corrected chi connectivity index (χ0v) is 15.7. The lowest BCUT2D eigenvalue weighted by molar-refractivity contribution is -0.147. The van der Waals surface area contributed by atoms with Crippen LogP contribution >= 0.6 is 0 Å². The van der Waals surface area contributed by atoms with Crippen LogP contribution in [0.4, 0.5) is 0 Å². The van der Waals surface area contributed by atoms with Crippen LogP contribution in [0, 0.1) is 5.41 Å². The molecule has 2 saturated heterocycles. The van der Waals surface area contributed by atoms with Crippen molar-refractivity contribution in [2.45, 2.75) is 32.2 Å². The third-order valence-corrected chi connectivity index (χ3v) is 5.79. The first-order valence-corrected chi connectivity index (χ1v) is 9.34. The number of rotatable bonds is 5. The molecule has 1 atom stereocenters. The van der Waals surface area contributed by atoms with Crippen molar-refractivity contribution in [1.29, 1.82) is 0 Å². The zero-order valence-electron chi connectivity index (χ0n) is 15.7. The maximum atomic E-state index is 12.5. The Hall–Kier alpha value is -2.14. The third-order valence-electron chi connectivity index (χ3n) is 5.79. The lowest BCUT2D eigenvalue weighted by Gasteiger charge is -2.40. The maximum absolute atomic E-state index is 12.5. The molecule has 0 saturated carbocycles. The number of hydrogen-bond donors (Lipinski definition) is 0. The molecule has 5 heteroatoms. The Kier molecular flexibility index (Phi) is 5.77. The highest BCUT2D eigenvalue weighted by Gasteiger charge is 2.45. The van der Waals surface area contributed by atoms with Crippen LogP contribution in [0.15, 0.2) is 36.4 Å². The van der Waals surface area contributed by atoms with E-state index < -0.39 is 0 Å². The number of amides is 1. The Bertz CT molecular complexity index is 663. The molecule has 0 bridgehead atoms. The second-order valence-electron chi connectivity index (χ2n) is 7.50. The zero-order chi connectivity index (χ0) is 18.6. The summed E-state index contributed by atoms with van der Waals surface area (Å²) in [6.07, 6.45) is 6.68. The number of ether oxygens (including phenoxy) is 1. The van der Waals surface area contributed by atoms with Gasteiger partial charge in [0.1, 0.15) is 6.04 Å². The van der Waals surface area contributed by atoms with E-state index in [0.717, 1.165) is 38.0 Å². The predicted molar refractivity (Wildman–Crippen MR) is 101 cm³/mol. The van der Waals surface area contributed by atoms with Crippen LogP contribution in [0.2, 0.25) is 0 Å². The minimum Gasteiger partial charge on any atom is -0.468 e. The van der Waals surface area contributed by atoms with Gasteiger partial charge in [-0.2, -0.15) is 0 Å².